The molecule has 68 valence electrons. The third-order valence-corrected chi connectivity index (χ3v) is 3.78. The van der Waals surface area contributed by atoms with Crippen LogP contribution in [0.5, 0.6) is 11.5 Å². The fraction of sp³-hybridized carbons (Fsp3) is 0.111. The molecule has 1 heterocycles. The molecule has 0 aliphatic heterocycles. The average molecular weight is 212 g/mol. The van der Waals surface area contributed by atoms with Crippen molar-refractivity contribution in [1.29, 1.82) is 0 Å². The molecule has 2 nitrogen and oxygen atoms in total. The number of aromatic hydroxyl groups is 2. The van der Waals surface area contributed by atoms with Crippen LogP contribution in [0.1, 0.15) is 0 Å². The van der Waals surface area contributed by atoms with E-state index in [1.807, 2.05) is 11.6 Å². The zero-order valence-electron chi connectivity index (χ0n) is 6.94. The predicted octanol–water partition coefficient (Wildman–Crippen LogP) is 3.03. The number of phenols is 2. The first-order chi connectivity index (χ1) is 6.24. The van der Waals surface area contributed by atoms with Crippen LogP contribution in [0.4, 0.5) is 0 Å². The molecular weight excluding hydrogens is 204 g/mol. The summed E-state index contributed by atoms with van der Waals surface area (Å²) in [5.41, 5.74) is 0. The lowest BCUT2D eigenvalue weighted by Crippen LogP contribution is -1.70. The van der Waals surface area contributed by atoms with E-state index in [0.29, 0.717) is 0 Å². The van der Waals surface area contributed by atoms with Crippen molar-refractivity contribution in [2.24, 2.45) is 0 Å². The second-order valence-electron chi connectivity index (χ2n) is 2.61. The summed E-state index contributed by atoms with van der Waals surface area (Å²) in [6.07, 6.45) is 1.95. The quantitative estimate of drug-likeness (QED) is 0.564. The molecule has 1 aromatic carbocycles. The van der Waals surface area contributed by atoms with E-state index in [-0.39, 0.29) is 11.5 Å². The van der Waals surface area contributed by atoms with Gasteiger partial charge in [-0.15, -0.1) is 23.1 Å². The minimum Gasteiger partial charge on any atom is -0.507 e. The van der Waals surface area contributed by atoms with Crippen LogP contribution >= 0.6 is 23.1 Å². The van der Waals surface area contributed by atoms with E-state index in [4.69, 9.17) is 0 Å². The van der Waals surface area contributed by atoms with Gasteiger partial charge in [-0.2, -0.15) is 0 Å². The number of fused-ring (bicyclic) bond motifs is 1. The molecule has 0 fully saturated rings. The molecule has 0 unspecified atom stereocenters. The third kappa shape index (κ3) is 1.26. The van der Waals surface area contributed by atoms with E-state index in [0.717, 1.165) is 15.0 Å². The number of hydrogen-bond acceptors (Lipinski definition) is 4. The SMILES string of the molecule is CSc1csc2c(O)ccc(O)c12. The van der Waals surface area contributed by atoms with Gasteiger partial charge in [-0.1, -0.05) is 0 Å². The molecule has 2 aromatic rings. The van der Waals surface area contributed by atoms with E-state index >= 15 is 0 Å². The van der Waals surface area contributed by atoms with Gasteiger partial charge in [0.1, 0.15) is 11.5 Å². The minimum atomic E-state index is 0.234. The molecule has 0 aliphatic carbocycles. The number of rotatable bonds is 1. The standard InChI is InChI=1S/C9H8O2S2/c1-12-7-4-13-9-6(11)3-2-5(10)8(7)9/h2-4,10-11H,1H3. The Labute approximate surface area is 83.8 Å². The molecule has 0 radical (unpaired) electrons. The molecule has 1 aromatic heterocycles. The average Bonchev–Trinajstić information content (AvgIpc) is 2.56. The van der Waals surface area contributed by atoms with Crippen LogP contribution in [0.25, 0.3) is 10.1 Å². The predicted molar refractivity (Wildman–Crippen MR) is 56.9 cm³/mol. The fourth-order valence-electron chi connectivity index (χ4n) is 1.24. The highest BCUT2D eigenvalue weighted by Gasteiger charge is 2.10. The van der Waals surface area contributed by atoms with Gasteiger partial charge in [-0.3, -0.25) is 0 Å². The summed E-state index contributed by atoms with van der Waals surface area (Å²) in [6.45, 7) is 0. The molecule has 0 bridgehead atoms. The van der Waals surface area contributed by atoms with E-state index in [1.165, 1.54) is 23.5 Å². The molecule has 0 saturated carbocycles. The number of hydrogen-bond donors (Lipinski definition) is 2. The lowest BCUT2D eigenvalue weighted by Gasteiger charge is -1.99. The van der Waals surface area contributed by atoms with Gasteiger partial charge >= 0.3 is 0 Å². The zero-order chi connectivity index (χ0) is 9.42. The molecule has 4 heteroatoms. The smallest absolute Gasteiger partial charge is 0.133 e. The largest absolute Gasteiger partial charge is 0.507 e. The lowest BCUT2D eigenvalue weighted by molar-refractivity contribution is 0.470. The van der Waals surface area contributed by atoms with Crippen molar-refractivity contribution in [3.8, 4) is 11.5 Å². The van der Waals surface area contributed by atoms with Gasteiger partial charge in [0.2, 0.25) is 0 Å². The Hall–Kier alpha value is -0.870. The van der Waals surface area contributed by atoms with Crippen molar-refractivity contribution < 1.29 is 10.2 Å². The Morgan fingerprint density at radius 3 is 2.62 bits per heavy atom. The lowest BCUT2D eigenvalue weighted by atomic mass is 10.2. The number of phenolic OH excluding ortho intramolecular Hbond substituents is 2. The van der Waals surface area contributed by atoms with E-state index < -0.39 is 0 Å². The molecule has 2 N–H and O–H groups in total. The molecule has 0 saturated heterocycles. The van der Waals surface area contributed by atoms with Crippen molar-refractivity contribution in [1.82, 2.24) is 0 Å². The summed E-state index contributed by atoms with van der Waals surface area (Å²) in [5.74, 6) is 0.469. The molecule has 0 aliphatic rings. The molecule has 0 spiro atoms. The topological polar surface area (TPSA) is 40.5 Å². The van der Waals surface area contributed by atoms with Crippen molar-refractivity contribution in [2.45, 2.75) is 4.90 Å². The summed E-state index contributed by atoms with van der Waals surface area (Å²) >= 11 is 3.02. The van der Waals surface area contributed by atoms with Gasteiger partial charge in [-0.25, -0.2) is 0 Å². The first kappa shape index (κ1) is 8.72. The summed E-state index contributed by atoms with van der Waals surface area (Å²) in [6, 6.07) is 3.03. The maximum atomic E-state index is 9.58. The highest BCUT2D eigenvalue weighted by Crippen LogP contribution is 2.42. The Morgan fingerprint density at radius 1 is 1.23 bits per heavy atom. The summed E-state index contributed by atoms with van der Waals surface area (Å²) in [5, 5.41) is 21.8. The Balaban J connectivity index is 2.87. The summed E-state index contributed by atoms with van der Waals surface area (Å²) in [7, 11) is 0. The van der Waals surface area contributed by atoms with Crippen LogP contribution in [0.2, 0.25) is 0 Å². The highest BCUT2D eigenvalue weighted by molar-refractivity contribution is 7.99. The van der Waals surface area contributed by atoms with Crippen molar-refractivity contribution in [3.63, 3.8) is 0 Å². The Kier molecular flexibility index (Phi) is 2.09. The van der Waals surface area contributed by atoms with Gasteiger partial charge in [0.15, 0.2) is 0 Å². The van der Waals surface area contributed by atoms with Gasteiger partial charge in [-0.05, 0) is 18.4 Å². The first-order valence-electron chi connectivity index (χ1n) is 3.70. The van der Waals surface area contributed by atoms with E-state index in [2.05, 4.69) is 0 Å². The minimum absolute atomic E-state index is 0.234. The van der Waals surface area contributed by atoms with Gasteiger partial charge in [0, 0.05) is 10.3 Å². The van der Waals surface area contributed by atoms with Gasteiger partial charge < -0.3 is 10.2 Å². The Morgan fingerprint density at radius 2 is 1.92 bits per heavy atom. The second kappa shape index (κ2) is 3.12. The molecular formula is C9H8O2S2. The van der Waals surface area contributed by atoms with Gasteiger partial charge in [0.25, 0.3) is 0 Å². The van der Waals surface area contributed by atoms with Crippen LogP contribution in [-0.2, 0) is 0 Å². The third-order valence-electron chi connectivity index (χ3n) is 1.87. The molecule has 0 amide bonds. The number of benzene rings is 1. The number of thioether (sulfide) groups is 1. The monoisotopic (exact) mass is 212 g/mol. The van der Waals surface area contributed by atoms with Crippen molar-refractivity contribution in [3.05, 3.63) is 17.5 Å². The van der Waals surface area contributed by atoms with Crippen LogP contribution < -0.4 is 0 Å². The molecule has 2 rings (SSSR count). The van der Waals surface area contributed by atoms with Crippen molar-refractivity contribution >= 4 is 33.2 Å². The maximum absolute atomic E-state index is 9.58. The summed E-state index contributed by atoms with van der Waals surface area (Å²) in [4.78, 5) is 1.01. The normalized spacial score (nSPS) is 10.8. The molecule has 13 heavy (non-hydrogen) atoms. The van der Waals surface area contributed by atoms with Crippen LogP contribution in [-0.4, -0.2) is 16.5 Å². The maximum Gasteiger partial charge on any atom is 0.133 e. The highest BCUT2D eigenvalue weighted by atomic mass is 32.2. The fourth-order valence-corrected chi connectivity index (χ4v) is 3.11. The van der Waals surface area contributed by atoms with Crippen LogP contribution in [0.3, 0.4) is 0 Å². The van der Waals surface area contributed by atoms with Gasteiger partial charge in [0.05, 0.1) is 10.1 Å². The van der Waals surface area contributed by atoms with E-state index in [9.17, 15) is 10.2 Å². The van der Waals surface area contributed by atoms with Crippen molar-refractivity contribution in [2.75, 3.05) is 6.26 Å². The Bertz CT molecular complexity index is 448. The van der Waals surface area contributed by atoms with Crippen LogP contribution in [0.15, 0.2) is 22.4 Å². The second-order valence-corrected chi connectivity index (χ2v) is 4.34. The number of thiophene rings is 1. The summed E-state index contributed by atoms with van der Waals surface area (Å²) < 4.78 is 0.754. The van der Waals surface area contributed by atoms with Crippen LogP contribution in [0, 0.1) is 0 Å². The zero-order valence-corrected chi connectivity index (χ0v) is 8.58. The first-order valence-corrected chi connectivity index (χ1v) is 5.80. The van der Waals surface area contributed by atoms with E-state index in [1.54, 1.807) is 11.8 Å². The molecule has 0 atom stereocenters.